The predicted octanol–water partition coefficient (Wildman–Crippen LogP) is 2.77. The van der Waals surface area contributed by atoms with Crippen LogP contribution < -0.4 is 15.2 Å². The summed E-state index contributed by atoms with van der Waals surface area (Å²) in [7, 11) is 1.70. The Balaban J connectivity index is 2.03. The third-order valence-electron chi connectivity index (χ3n) is 3.34. The molecule has 0 bridgehead atoms. The molecule has 0 aromatic heterocycles. The number of hydrogen-bond acceptors (Lipinski definition) is 3. The van der Waals surface area contributed by atoms with E-state index in [4.69, 9.17) is 15.2 Å². The first-order valence-corrected chi connectivity index (χ1v) is 6.84. The number of hydrogen-bond donors (Lipinski definition) is 1. The van der Waals surface area contributed by atoms with E-state index in [9.17, 15) is 0 Å². The van der Waals surface area contributed by atoms with E-state index in [0.717, 1.165) is 49.8 Å². The highest BCUT2D eigenvalue weighted by atomic mass is 16.5. The molecule has 2 rings (SSSR count). The number of nitrogens with two attached hydrogens (primary N) is 1. The molecule has 1 aromatic carbocycles. The van der Waals surface area contributed by atoms with Crippen LogP contribution in [0, 0.1) is 5.92 Å². The van der Waals surface area contributed by atoms with Crippen molar-refractivity contribution in [1.82, 2.24) is 0 Å². The number of methoxy groups -OCH3 is 1. The Morgan fingerprint density at radius 2 is 2.11 bits per heavy atom. The van der Waals surface area contributed by atoms with E-state index in [-0.39, 0.29) is 0 Å². The summed E-state index contributed by atoms with van der Waals surface area (Å²) in [6, 6.07) is 6.12. The molecule has 2 N–H and O–H groups in total. The summed E-state index contributed by atoms with van der Waals surface area (Å²) < 4.78 is 11.4. The van der Waals surface area contributed by atoms with Gasteiger partial charge in [0.15, 0.2) is 11.5 Å². The lowest BCUT2D eigenvalue weighted by molar-refractivity contribution is 0.277. The Morgan fingerprint density at radius 1 is 1.28 bits per heavy atom. The molecule has 3 nitrogen and oxygen atoms in total. The molecule has 0 saturated heterocycles. The lowest BCUT2D eigenvalue weighted by Gasteiger charge is -2.14. The molecule has 18 heavy (non-hydrogen) atoms. The predicted molar refractivity (Wildman–Crippen MR) is 73.2 cm³/mol. The van der Waals surface area contributed by atoms with Gasteiger partial charge in [0.1, 0.15) is 0 Å². The fraction of sp³-hybridized carbons (Fsp3) is 0.600. The Labute approximate surface area is 109 Å². The molecular formula is C15H23NO2. The van der Waals surface area contributed by atoms with Crippen LogP contribution >= 0.6 is 0 Å². The average Bonchev–Trinajstić information content (AvgIpc) is 3.21. The molecule has 1 aliphatic carbocycles. The first kappa shape index (κ1) is 13.2. The molecule has 1 aromatic rings. The molecule has 3 heteroatoms. The topological polar surface area (TPSA) is 44.5 Å². The smallest absolute Gasteiger partial charge is 0.164 e. The van der Waals surface area contributed by atoms with E-state index in [1.54, 1.807) is 7.11 Å². The zero-order chi connectivity index (χ0) is 12.8. The fourth-order valence-corrected chi connectivity index (χ4v) is 2.03. The van der Waals surface area contributed by atoms with Crippen LogP contribution in [0.3, 0.4) is 0 Å². The quantitative estimate of drug-likeness (QED) is 0.720. The van der Waals surface area contributed by atoms with E-state index < -0.39 is 0 Å². The number of unbranched alkanes of at least 4 members (excludes halogenated alkanes) is 1. The van der Waals surface area contributed by atoms with E-state index in [1.165, 1.54) is 18.4 Å². The van der Waals surface area contributed by atoms with Gasteiger partial charge < -0.3 is 15.2 Å². The maximum absolute atomic E-state index is 5.96. The van der Waals surface area contributed by atoms with E-state index in [2.05, 4.69) is 6.07 Å². The van der Waals surface area contributed by atoms with Gasteiger partial charge in [-0.25, -0.2) is 0 Å². The van der Waals surface area contributed by atoms with Crippen molar-refractivity contribution >= 4 is 0 Å². The molecule has 100 valence electrons. The molecule has 0 unspecified atom stereocenters. The SMILES string of the molecule is COc1cccc(CCCCN)c1OCC1CC1. The first-order chi connectivity index (χ1) is 8.85. The first-order valence-electron chi connectivity index (χ1n) is 6.84. The average molecular weight is 249 g/mol. The van der Waals surface area contributed by atoms with Crippen LogP contribution in [-0.2, 0) is 6.42 Å². The third-order valence-corrected chi connectivity index (χ3v) is 3.34. The van der Waals surface area contributed by atoms with Gasteiger partial charge in [-0.1, -0.05) is 12.1 Å². The Bertz CT molecular complexity index is 375. The second-order valence-corrected chi connectivity index (χ2v) is 4.95. The summed E-state index contributed by atoms with van der Waals surface area (Å²) in [6.07, 6.45) is 5.77. The van der Waals surface area contributed by atoms with Crippen LogP contribution in [0.15, 0.2) is 18.2 Å². The molecule has 0 radical (unpaired) electrons. The summed E-state index contributed by atoms with van der Waals surface area (Å²) in [4.78, 5) is 0. The largest absolute Gasteiger partial charge is 0.493 e. The normalized spacial score (nSPS) is 14.6. The maximum atomic E-state index is 5.96. The third kappa shape index (κ3) is 3.64. The van der Waals surface area contributed by atoms with Crippen LogP contribution in [-0.4, -0.2) is 20.3 Å². The zero-order valence-corrected chi connectivity index (χ0v) is 11.2. The van der Waals surface area contributed by atoms with Crippen molar-refractivity contribution in [1.29, 1.82) is 0 Å². The monoisotopic (exact) mass is 249 g/mol. The van der Waals surface area contributed by atoms with Crippen LogP contribution in [0.4, 0.5) is 0 Å². The number of ether oxygens (including phenoxy) is 2. The summed E-state index contributed by atoms with van der Waals surface area (Å²) in [5.74, 6) is 2.54. The van der Waals surface area contributed by atoms with Crippen molar-refractivity contribution in [3.8, 4) is 11.5 Å². The highest BCUT2D eigenvalue weighted by molar-refractivity contribution is 5.46. The van der Waals surface area contributed by atoms with Crippen molar-refractivity contribution in [3.05, 3.63) is 23.8 Å². The molecule has 0 amide bonds. The van der Waals surface area contributed by atoms with Gasteiger partial charge in [-0.2, -0.15) is 0 Å². The molecular weight excluding hydrogens is 226 g/mol. The van der Waals surface area contributed by atoms with E-state index in [0.29, 0.717) is 0 Å². The number of para-hydroxylation sites is 1. The van der Waals surface area contributed by atoms with E-state index in [1.807, 2.05) is 12.1 Å². The lowest BCUT2D eigenvalue weighted by atomic mass is 10.1. The van der Waals surface area contributed by atoms with Crippen molar-refractivity contribution < 1.29 is 9.47 Å². The molecule has 0 atom stereocenters. The van der Waals surface area contributed by atoms with Crippen LogP contribution in [0.25, 0.3) is 0 Å². The second kappa shape index (κ2) is 6.64. The Hall–Kier alpha value is -1.22. The number of benzene rings is 1. The Kier molecular flexibility index (Phi) is 4.88. The van der Waals surface area contributed by atoms with Gasteiger partial charge in [-0.15, -0.1) is 0 Å². The number of rotatable bonds is 8. The summed E-state index contributed by atoms with van der Waals surface area (Å²) in [5, 5.41) is 0. The van der Waals surface area contributed by atoms with Gasteiger partial charge >= 0.3 is 0 Å². The summed E-state index contributed by atoms with van der Waals surface area (Å²) >= 11 is 0. The van der Waals surface area contributed by atoms with Crippen molar-refractivity contribution in [2.24, 2.45) is 11.7 Å². The van der Waals surface area contributed by atoms with Crippen LogP contribution in [0.5, 0.6) is 11.5 Å². The minimum Gasteiger partial charge on any atom is -0.493 e. The summed E-state index contributed by atoms with van der Waals surface area (Å²) in [5.41, 5.74) is 6.78. The van der Waals surface area contributed by atoms with Gasteiger partial charge in [-0.3, -0.25) is 0 Å². The highest BCUT2D eigenvalue weighted by Gasteiger charge is 2.23. The van der Waals surface area contributed by atoms with Gasteiger partial charge in [-0.05, 0) is 56.2 Å². The lowest BCUT2D eigenvalue weighted by Crippen LogP contribution is -2.05. The van der Waals surface area contributed by atoms with Gasteiger partial charge in [0.2, 0.25) is 0 Å². The van der Waals surface area contributed by atoms with Crippen molar-refractivity contribution in [2.75, 3.05) is 20.3 Å². The molecule has 1 fully saturated rings. The molecule has 1 aliphatic rings. The standard InChI is InChI=1S/C15H23NO2/c1-17-14-7-4-6-13(5-2-3-10-16)15(14)18-11-12-8-9-12/h4,6-7,12H,2-3,5,8-11,16H2,1H3. The van der Waals surface area contributed by atoms with Crippen LogP contribution in [0.2, 0.25) is 0 Å². The Morgan fingerprint density at radius 3 is 2.78 bits per heavy atom. The molecule has 0 aliphatic heterocycles. The maximum Gasteiger partial charge on any atom is 0.164 e. The second-order valence-electron chi connectivity index (χ2n) is 4.95. The number of aryl methyl sites for hydroxylation is 1. The highest BCUT2D eigenvalue weighted by Crippen LogP contribution is 2.35. The zero-order valence-electron chi connectivity index (χ0n) is 11.2. The molecule has 0 spiro atoms. The van der Waals surface area contributed by atoms with Crippen molar-refractivity contribution in [3.63, 3.8) is 0 Å². The molecule has 1 saturated carbocycles. The van der Waals surface area contributed by atoms with Gasteiger partial charge in [0, 0.05) is 0 Å². The van der Waals surface area contributed by atoms with Crippen molar-refractivity contribution in [2.45, 2.75) is 32.1 Å². The molecule has 0 heterocycles. The fourth-order valence-electron chi connectivity index (χ4n) is 2.03. The van der Waals surface area contributed by atoms with Crippen LogP contribution in [0.1, 0.15) is 31.2 Å². The minimum absolute atomic E-state index is 0.752. The van der Waals surface area contributed by atoms with Gasteiger partial charge in [0.25, 0.3) is 0 Å². The van der Waals surface area contributed by atoms with Gasteiger partial charge in [0.05, 0.1) is 13.7 Å². The van der Waals surface area contributed by atoms with E-state index >= 15 is 0 Å². The summed E-state index contributed by atoms with van der Waals surface area (Å²) in [6.45, 7) is 1.58. The minimum atomic E-state index is 0.752.